The molecular weight excluding hydrogens is 272 g/mol. The standard InChI is InChI=1S/C16H11ClN2O/c17-14-10-18-7-5-11(14)9-16(20)13-6-8-19-15-4-2-1-3-12(13)15/h1-8,10H,9H2. The maximum absolute atomic E-state index is 12.5. The van der Waals surface area contributed by atoms with Crippen LogP contribution in [0.1, 0.15) is 15.9 Å². The van der Waals surface area contributed by atoms with E-state index in [-0.39, 0.29) is 12.2 Å². The van der Waals surface area contributed by atoms with Crippen LogP contribution < -0.4 is 0 Å². The number of fused-ring (bicyclic) bond motifs is 1. The number of Topliss-reactive ketones (excluding diaryl/α,β-unsaturated/α-hetero) is 1. The Labute approximate surface area is 121 Å². The first kappa shape index (κ1) is 12.8. The van der Waals surface area contributed by atoms with Gasteiger partial charge < -0.3 is 0 Å². The molecule has 0 spiro atoms. The molecule has 0 unspecified atom stereocenters. The molecule has 0 saturated heterocycles. The Morgan fingerprint density at radius 2 is 1.95 bits per heavy atom. The molecule has 0 aliphatic rings. The highest BCUT2D eigenvalue weighted by Crippen LogP contribution is 2.20. The van der Waals surface area contributed by atoms with E-state index < -0.39 is 0 Å². The molecule has 0 aliphatic heterocycles. The SMILES string of the molecule is O=C(Cc1ccncc1Cl)c1ccnc2ccccc12. The number of hydrogen-bond acceptors (Lipinski definition) is 3. The van der Waals surface area contributed by atoms with Crippen molar-refractivity contribution in [2.45, 2.75) is 6.42 Å². The smallest absolute Gasteiger partial charge is 0.168 e. The molecule has 0 amide bonds. The third-order valence-electron chi connectivity index (χ3n) is 3.16. The van der Waals surface area contributed by atoms with Gasteiger partial charge in [-0.15, -0.1) is 0 Å². The van der Waals surface area contributed by atoms with Crippen LogP contribution in [0, 0.1) is 0 Å². The maximum Gasteiger partial charge on any atom is 0.168 e. The zero-order valence-electron chi connectivity index (χ0n) is 10.6. The van der Waals surface area contributed by atoms with Crippen molar-refractivity contribution < 1.29 is 4.79 Å². The van der Waals surface area contributed by atoms with Gasteiger partial charge >= 0.3 is 0 Å². The van der Waals surface area contributed by atoms with Crippen molar-refractivity contribution in [1.29, 1.82) is 0 Å². The quantitative estimate of drug-likeness (QED) is 0.688. The van der Waals surface area contributed by atoms with E-state index in [1.54, 1.807) is 30.7 Å². The van der Waals surface area contributed by atoms with E-state index in [0.717, 1.165) is 16.5 Å². The molecule has 0 aliphatic carbocycles. The van der Waals surface area contributed by atoms with Crippen LogP contribution in [0.15, 0.2) is 55.0 Å². The summed E-state index contributed by atoms with van der Waals surface area (Å²) in [5.41, 5.74) is 2.27. The lowest BCUT2D eigenvalue weighted by atomic mass is 10.0. The summed E-state index contributed by atoms with van der Waals surface area (Å²) in [6, 6.07) is 11.1. The Balaban J connectivity index is 1.99. The Kier molecular flexibility index (Phi) is 3.44. The normalized spacial score (nSPS) is 10.7. The average Bonchev–Trinajstić information content (AvgIpc) is 2.49. The molecule has 4 heteroatoms. The van der Waals surface area contributed by atoms with Gasteiger partial charge in [-0.25, -0.2) is 0 Å². The number of carbonyl (C=O) groups excluding carboxylic acids is 1. The van der Waals surface area contributed by atoms with E-state index in [2.05, 4.69) is 9.97 Å². The van der Waals surface area contributed by atoms with Gasteiger partial charge in [0.2, 0.25) is 0 Å². The fourth-order valence-corrected chi connectivity index (χ4v) is 2.34. The first-order valence-corrected chi connectivity index (χ1v) is 6.59. The zero-order valence-corrected chi connectivity index (χ0v) is 11.3. The van der Waals surface area contributed by atoms with Crippen molar-refractivity contribution in [3.8, 4) is 0 Å². The van der Waals surface area contributed by atoms with Crippen LogP contribution in [0.5, 0.6) is 0 Å². The van der Waals surface area contributed by atoms with Crippen LogP contribution in [0.2, 0.25) is 5.02 Å². The van der Waals surface area contributed by atoms with Crippen molar-refractivity contribution in [1.82, 2.24) is 9.97 Å². The predicted octanol–water partition coefficient (Wildman–Crippen LogP) is 3.71. The molecular formula is C16H11ClN2O. The molecule has 0 saturated carbocycles. The fourth-order valence-electron chi connectivity index (χ4n) is 2.15. The minimum atomic E-state index is 0.0247. The minimum absolute atomic E-state index is 0.0247. The Bertz CT molecular complexity index is 781. The molecule has 2 aromatic heterocycles. The Morgan fingerprint density at radius 1 is 1.10 bits per heavy atom. The highest BCUT2D eigenvalue weighted by Gasteiger charge is 2.12. The number of rotatable bonds is 3. The van der Waals surface area contributed by atoms with Gasteiger partial charge in [0.25, 0.3) is 0 Å². The number of aromatic nitrogens is 2. The molecule has 0 radical (unpaired) electrons. The van der Waals surface area contributed by atoms with E-state index in [1.165, 1.54) is 0 Å². The predicted molar refractivity (Wildman–Crippen MR) is 79.0 cm³/mol. The van der Waals surface area contributed by atoms with Crippen LogP contribution in [0.3, 0.4) is 0 Å². The molecule has 0 atom stereocenters. The monoisotopic (exact) mass is 282 g/mol. The summed E-state index contributed by atoms with van der Waals surface area (Å²) in [6.07, 6.45) is 5.10. The third-order valence-corrected chi connectivity index (χ3v) is 3.50. The Hall–Kier alpha value is -2.26. The first-order valence-electron chi connectivity index (χ1n) is 6.21. The number of pyridine rings is 2. The first-order chi connectivity index (χ1) is 9.75. The Morgan fingerprint density at radius 3 is 2.80 bits per heavy atom. The van der Waals surface area contributed by atoms with Crippen LogP contribution in [0.25, 0.3) is 10.9 Å². The van der Waals surface area contributed by atoms with Gasteiger partial charge in [0.05, 0.1) is 10.5 Å². The van der Waals surface area contributed by atoms with Gasteiger partial charge in [-0.05, 0) is 23.8 Å². The number of nitrogens with zero attached hydrogens (tertiary/aromatic N) is 2. The number of para-hydroxylation sites is 1. The summed E-state index contributed by atoms with van der Waals surface area (Å²) in [6.45, 7) is 0. The number of ketones is 1. The van der Waals surface area contributed by atoms with Gasteiger partial charge in [-0.2, -0.15) is 0 Å². The summed E-state index contributed by atoms with van der Waals surface area (Å²) in [7, 11) is 0. The highest BCUT2D eigenvalue weighted by molar-refractivity contribution is 6.31. The lowest BCUT2D eigenvalue weighted by Gasteiger charge is -2.06. The van der Waals surface area contributed by atoms with Crippen molar-refractivity contribution in [2.75, 3.05) is 0 Å². The maximum atomic E-state index is 12.5. The number of carbonyl (C=O) groups is 1. The molecule has 98 valence electrons. The van der Waals surface area contributed by atoms with Crippen LogP contribution in [-0.2, 0) is 6.42 Å². The highest BCUT2D eigenvalue weighted by atomic mass is 35.5. The second-order valence-electron chi connectivity index (χ2n) is 4.44. The number of hydrogen-bond donors (Lipinski definition) is 0. The minimum Gasteiger partial charge on any atom is -0.294 e. The molecule has 0 N–H and O–H groups in total. The largest absolute Gasteiger partial charge is 0.294 e. The van der Waals surface area contributed by atoms with Crippen molar-refractivity contribution in [3.05, 3.63) is 71.1 Å². The van der Waals surface area contributed by atoms with E-state index in [0.29, 0.717) is 10.6 Å². The lowest BCUT2D eigenvalue weighted by Crippen LogP contribution is -2.05. The molecule has 0 bridgehead atoms. The van der Waals surface area contributed by atoms with Gasteiger partial charge in [0.1, 0.15) is 0 Å². The zero-order chi connectivity index (χ0) is 13.9. The van der Waals surface area contributed by atoms with Crippen molar-refractivity contribution in [3.63, 3.8) is 0 Å². The molecule has 3 nitrogen and oxygen atoms in total. The van der Waals surface area contributed by atoms with E-state index in [9.17, 15) is 4.79 Å². The molecule has 0 fully saturated rings. The van der Waals surface area contributed by atoms with E-state index in [1.807, 2.05) is 24.3 Å². The summed E-state index contributed by atoms with van der Waals surface area (Å²) < 4.78 is 0. The average molecular weight is 283 g/mol. The molecule has 2 heterocycles. The summed E-state index contributed by atoms with van der Waals surface area (Å²) in [4.78, 5) is 20.7. The fraction of sp³-hybridized carbons (Fsp3) is 0.0625. The number of halogens is 1. The van der Waals surface area contributed by atoms with Crippen molar-refractivity contribution in [2.24, 2.45) is 0 Å². The summed E-state index contributed by atoms with van der Waals surface area (Å²) >= 11 is 6.05. The lowest BCUT2D eigenvalue weighted by molar-refractivity contribution is 0.0994. The molecule has 1 aromatic carbocycles. The summed E-state index contributed by atoms with van der Waals surface area (Å²) in [5.74, 6) is 0.0247. The van der Waals surface area contributed by atoms with Gasteiger partial charge in [0, 0.05) is 36.0 Å². The third kappa shape index (κ3) is 2.40. The van der Waals surface area contributed by atoms with Crippen LogP contribution >= 0.6 is 11.6 Å². The topological polar surface area (TPSA) is 42.9 Å². The number of benzene rings is 1. The summed E-state index contributed by atoms with van der Waals surface area (Å²) in [5, 5.41) is 1.38. The van der Waals surface area contributed by atoms with Gasteiger partial charge in [-0.3, -0.25) is 14.8 Å². The van der Waals surface area contributed by atoms with Crippen LogP contribution in [0.4, 0.5) is 0 Å². The van der Waals surface area contributed by atoms with Crippen molar-refractivity contribution >= 4 is 28.3 Å². The molecule has 20 heavy (non-hydrogen) atoms. The van der Waals surface area contributed by atoms with Gasteiger partial charge in [-0.1, -0.05) is 29.8 Å². The second kappa shape index (κ2) is 5.39. The molecule has 3 rings (SSSR count). The van der Waals surface area contributed by atoms with E-state index >= 15 is 0 Å². The van der Waals surface area contributed by atoms with E-state index in [4.69, 9.17) is 11.6 Å². The van der Waals surface area contributed by atoms with Crippen LogP contribution in [-0.4, -0.2) is 15.8 Å². The molecule has 3 aromatic rings. The van der Waals surface area contributed by atoms with Gasteiger partial charge in [0.15, 0.2) is 5.78 Å². The second-order valence-corrected chi connectivity index (χ2v) is 4.85.